The van der Waals surface area contributed by atoms with E-state index in [1.54, 1.807) is 11.7 Å². The van der Waals surface area contributed by atoms with Crippen molar-refractivity contribution >= 4 is 33.3 Å². The van der Waals surface area contributed by atoms with Gasteiger partial charge in [0.25, 0.3) is 0 Å². The topological polar surface area (TPSA) is 97.2 Å². The lowest BCUT2D eigenvalue weighted by Gasteiger charge is -2.30. The largest absolute Gasteiger partial charge is 0.311 e. The molecule has 10 heteroatoms. The van der Waals surface area contributed by atoms with Crippen LogP contribution >= 0.6 is 11.6 Å². The number of sulfonamides is 1. The van der Waals surface area contributed by atoms with Gasteiger partial charge in [-0.05, 0) is 31.4 Å². The molecule has 1 fully saturated rings. The average Bonchev–Trinajstić information content (AvgIpc) is 3.01. The number of nitrogens with one attached hydrogen (secondary N) is 1. The summed E-state index contributed by atoms with van der Waals surface area (Å²) < 4.78 is 28.5. The maximum absolute atomic E-state index is 12.7. The Morgan fingerprint density at radius 1 is 1.37 bits per heavy atom. The molecule has 2 aromatic rings. The maximum atomic E-state index is 12.7. The summed E-state index contributed by atoms with van der Waals surface area (Å²) in [6.45, 7) is 2.52. The second-order valence-corrected chi connectivity index (χ2v) is 8.72. The molecule has 1 aliphatic rings. The van der Waals surface area contributed by atoms with Crippen LogP contribution in [-0.2, 0) is 28.3 Å². The molecule has 1 amide bonds. The van der Waals surface area contributed by atoms with Gasteiger partial charge in [-0.25, -0.2) is 13.4 Å². The fourth-order valence-electron chi connectivity index (χ4n) is 3.11. The zero-order valence-electron chi connectivity index (χ0n) is 15.2. The fourth-order valence-corrected chi connectivity index (χ4v) is 5.00. The molecule has 1 N–H and O–H groups in total. The molecule has 0 spiro atoms. The molecule has 0 bridgehead atoms. The van der Waals surface area contributed by atoms with Gasteiger partial charge < -0.3 is 5.32 Å². The molecule has 0 unspecified atom stereocenters. The lowest BCUT2D eigenvalue weighted by Crippen LogP contribution is -2.41. The zero-order valence-corrected chi connectivity index (χ0v) is 16.8. The minimum Gasteiger partial charge on any atom is -0.311 e. The van der Waals surface area contributed by atoms with Crippen LogP contribution in [0.1, 0.15) is 25.5 Å². The lowest BCUT2D eigenvalue weighted by atomic mass is 9.97. The van der Waals surface area contributed by atoms with Gasteiger partial charge in [0.2, 0.25) is 15.9 Å². The molecule has 3 rings (SSSR count). The molecule has 2 aromatic heterocycles. The number of amides is 1. The van der Waals surface area contributed by atoms with Crippen molar-refractivity contribution in [3.63, 3.8) is 0 Å². The standard InChI is InChI=1S/C17H22ClN5O3S/c1-3-13-11-15(22(2)21-13)20-17(24)12-6-9-23(10-7-12)27(25,26)14-5-4-8-19-16(14)18/h4-5,8,11-12H,3,6-7,9-10H2,1-2H3,(H,20,24). The molecule has 0 radical (unpaired) electrons. The first-order valence-corrected chi connectivity index (χ1v) is 10.6. The number of carbonyl (C=O) groups excluding carboxylic acids is 1. The number of aryl methyl sites for hydroxylation is 2. The summed E-state index contributed by atoms with van der Waals surface area (Å²) in [6, 6.07) is 4.83. The van der Waals surface area contributed by atoms with Gasteiger partial charge in [-0.3, -0.25) is 9.48 Å². The zero-order chi connectivity index (χ0) is 19.6. The quantitative estimate of drug-likeness (QED) is 0.759. The Hall–Kier alpha value is -1.97. The first kappa shape index (κ1) is 19.8. The number of carbonyl (C=O) groups is 1. The van der Waals surface area contributed by atoms with Crippen molar-refractivity contribution in [3.8, 4) is 0 Å². The van der Waals surface area contributed by atoms with Crippen LogP contribution in [0.15, 0.2) is 29.3 Å². The van der Waals surface area contributed by atoms with Crippen LogP contribution in [0.25, 0.3) is 0 Å². The Morgan fingerprint density at radius 2 is 2.07 bits per heavy atom. The van der Waals surface area contributed by atoms with Gasteiger partial charge in [0, 0.05) is 38.3 Å². The van der Waals surface area contributed by atoms with E-state index in [9.17, 15) is 13.2 Å². The molecule has 0 aromatic carbocycles. The number of hydrogen-bond donors (Lipinski definition) is 1. The van der Waals surface area contributed by atoms with E-state index in [-0.39, 0.29) is 35.0 Å². The van der Waals surface area contributed by atoms with Crippen molar-refractivity contribution in [1.29, 1.82) is 0 Å². The molecule has 8 nitrogen and oxygen atoms in total. The third kappa shape index (κ3) is 4.15. The van der Waals surface area contributed by atoms with Crippen LogP contribution in [0.2, 0.25) is 5.15 Å². The number of pyridine rings is 1. The second kappa shape index (κ2) is 7.95. The van der Waals surface area contributed by atoms with Crippen LogP contribution in [0.5, 0.6) is 0 Å². The van der Waals surface area contributed by atoms with E-state index >= 15 is 0 Å². The number of anilines is 1. The van der Waals surface area contributed by atoms with Gasteiger partial charge in [0.1, 0.15) is 15.9 Å². The molecule has 0 aliphatic carbocycles. The molecule has 1 aliphatic heterocycles. The Morgan fingerprint density at radius 3 is 2.67 bits per heavy atom. The van der Waals surface area contributed by atoms with Crippen LogP contribution in [-0.4, -0.2) is 46.5 Å². The highest BCUT2D eigenvalue weighted by Crippen LogP contribution is 2.27. The maximum Gasteiger partial charge on any atom is 0.246 e. The molecule has 3 heterocycles. The molecule has 146 valence electrons. The molecule has 1 saturated heterocycles. The minimum atomic E-state index is -3.71. The van der Waals surface area contributed by atoms with Crippen LogP contribution in [0.3, 0.4) is 0 Å². The van der Waals surface area contributed by atoms with Crippen molar-refractivity contribution in [1.82, 2.24) is 19.1 Å². The number of aromatic nitrogens is 3. The van der Waals surface area contributed by atoms with Gasteiger partial charge >= 0.3 is 0 Å². The number of nitrogens with zero attached hydrogens (tertiary/aromatic N) is 4. The third-order valence-electron chi connectivity index (χ3n) is 4.71. The fraction of sp³-hybridized carbons (Fsp3) is 0.471. The summed E-state index contributed by atoms with van der Waals surface area (Å²) >= 11 is 5.94. The van der Waals surface area contributed by atoms with Gasteiger partial charge in [-0.15, -0.1) is 0 Å². The van der Waals surface area contributed by atoms with E-state index in [4.69, 9.17) is 11.6 Å². The second-order valence-electron chi connectivity index (χ2n) is 6.46. The Bertz CT molecular complexity index is 936. The number of rotatable bonds is 5. The highest BCUT2D eigenvalue weighted by molar-refractivity contribution is 7.89. The number of hydrogen-bond acceptors (Lipinski definition) is 5. The summed E-state index contributed by atoms with van der Waals surface area (Å²) in [5.74, 6) is 0.284. The van der Waals surface area contributed by atoms with E-state index in [0.717, 1.165) is 12.1 Å². The SMILES string of the molecule is CCc1cc(NC(=O)C2CCN(S(=O)(=O)c3cccnc3Cl)CC2)n(C)n1. The smallest absolute Gasteiger partial charge is 0.246 e. The predicted octanol–water partition coefficient (Wildman–Crippen LogP) is 2.07. The normalized spacial score (nSPS) is 16.4. The molecule has 0 atom stereocenters. The number of piperidine rings is 1. The van der Waals surface area contributed by atoms with Crippen LogP contribution in [0.4, 0.5) is 5.82 Å². The molecule has 27 heavy (non-hydrogen) atoms. The lowest BCUT2D eigenvalue weighted by molar-refractivity contribution is -0.121. The van der Waals surface area contributed by atoms with E-state index in [0.29, 0.717) is 18.7 Å². The van der Waals surface area contributed by atoms with Gasteiger partial charge in [-0.1, -0.05) is 18.5 Å². The van der Waals surface area contributed by atoms with Crippen molar-refractivity contribution in [2.45, 2.75) is 31.1 Å². The van der Waals surface area contributed by atoms with Crippen LogP contribution < -0.4 is 5.32 Å². The summed E-state index contributed by atoms with van der Waals surface area (Å²) in [7, 11) is -1.94. The average molecular weight is 412 g/mol. The number of halogens is 1. The van der Waals surface area contributed by atoms with E-state index < -0.39 is 10.0 Å². The van der Waals surface area contributed by atoms with Crippen molar-refractivity contribution in [3.05, 3.63) is 35.2 Å². The Labute approximate surface area is 163 Å². The monoisotopic (exact) mass is 411 g/mol. The molecular formula is C17H22ClN5O3S. The summed E-state index contributed by atoms with van der Waals surface area (Å²) in [4.78, 5) is 16.4. The predicted molar refractivity (Wildman–Crippen MR) is 102 cm³/mol. The molecular weight excluding hydrogens is 390 g/mol. The van der Waals surface area contributed by atoms with E-state index in [2.05, 4.69) is 15.4 Å². The van der Waals surface area contributed by atoms with Crippen molar-refractivity contribution in [2.75, 3.05) is 18.4 Å². The van der Waals surface area contributed by atoms with Crippen molar-refractivity contribution < 1.29 is 13.2 Å². The van der Waals surface area contributed by atoms with Crippen molar-refractivity contribution in [2.24, 2.45) is 13.0 Å². The minimum absolute atomic E-state index is 0.00320. The summed E-state index contributed by atoms with van der Waals surface area (Å²) in [5, 5.41) is 7.16. The van der Waals surface area contributed by atoms with E-state index in [1.165, 1.54) is 22.6 Å². The third-order valence-corrected chi connectivity index (χ3v) is 7.05. The van der Waals surface area contributed by atoms with Gasteiger partial charge in [0.05, 0.1) is 5.69 Å². The Kier molecular flexibility index (Phi) is 5.83. The first-order valence-electron chi connectivity index (χ1n) is 8.77. The molecule has 0 saturated carbocycles. The summed E-state index contributed by atoms with van der Waals surface area (Å²) in [5.41, 5.74) is 0.905. The summed E-state index contributed by atoms with van der Waals surface area (Å²) in [6.07, 6.45) is 3.13. The Balaban J connectivity index is 1.64. The first-order chi connectivity index (χ1) is 12.8. The van der Waals surface area contributed by atoms with Gasteiger partial charge in [0.15, 0.2) is 0 Å². The van der Waals surface area contributed by atoms with Gasteiger partial charge in [-0.2, -0.15) is 9.40 Å². The highest BCUT2D eigenvalue weighted by atomic mass is 35.5. The highest BCUT2D eigenvalue weighted by Gasteiger charge is 2.33. The van der Waals surface area contributed by atoms with Crippen LogP contribution in [0, 0.1) is 5.92 Å². The van der Waals surface area contributed by atoms with E-state index in [1.807, 2.05) is 13.0 Å².